The van der Waals surface area contributed by atoms with Crippen LogP contribution in [0.4, 0.5) is 0 Å². The number of halogens is 1. The Kier molecular flexibility index (Phi) is 6.95. The van der Waals surface area contributed by atoms with E-state index in [9.17, 15) is 9.59 Å². The molecule has 0 bridgehead atoms. The Morgan fingerprint density at radius 2 is 1.85 bits per heavy atom. The van der Waals surface area contributed by atoms with E-state index in [4.69, 9.17) is 4.74 Å². The lowest BCUT2D eigenvalue weighted by Gasteiger charge is -2.26. The van der Waals surface area contributed by atoms with Crippen LogP contribution in [0.2, 0.25) is 0 Å². The summed E-state index contributed by atoms with van der Waals surface area (Å²) >= 11 is 0. The standard InChI is InChI=1S/C21H23NO3.ClH/c1-14(15-7-9-17(10-8-15)21(24)25-2)13-19(23)20-18-6-4-3-5-16(18)11-12-22-20;/h3-10,14,20,22H,11-13H2,1-2H3;1H/t14-,20?;/m1./s1. The molecule has 1 heterocycles. The van der Waals surface area contributed by atoms with Gasteiger partial charge in [0, 0.05) is 13.0 Å². The van der Waals surface area contributed by atoms with Crippen LogP contribution in [0.25, 0.3) is 0 Å². The average molecular weight is 374 g/mol. The maximum Gasteiger partial charge on any atom is 0.337 e. The first-order valence-corrected chi connectivity index (χ1v) is 8.62. The molecule has 5 heteroatoms. The number of fused-ring (bicyclic) bond motifs is 1. The van der Waals surface area contributed by atoms with Gasteiger partial charge in [-0.2, -0.15) is 0 Å². The van der Waals surface area contributed by atoms with Gasteiger partial charge < -0.3 is 10.1 Å². The van der Waals surface area contributed by atoms with Gasteiger partial charge in [-0.1, -0.05) is 43.3 Å². The van der Waals surface area contributed by atoms with E-state index in [0.717, 1.165) is 24.1 Å². The van der Waals surface area contributed by atoms with Crippen molar-refractivity contribution in [3.8, 4) is 0 Å². The summed E-state index contributed by atoms with van der Waals surface area (Å²) < 4.78 is 4.71. The van der Waals surface area contributed by atoms with Crippen LogP contribution in [0, 0.1) is 0 Å². The van der Waals surface area contributed by atoms with Crippen molar-refractivity contribution in [3.63, 3.8) is 0 Å². The first-order chi connectivity index (χ1) is 12.1. The molecule has 0 aromatic heterocycles. The lowest BCUT2D eigenvalue weighted by molar-refractivity contribution is -0.121. The summed E-state index contributed by atoms with van der Waals surface area (Å²) in [6, 6.07) is 15.2. The molecular weight excluding hydrogens is 350 g/mol. The maximum atomic E-state index is 12.8. The van der Waals surface area contributed by atoms with Crippen LogP contribution in [0.3, 0.4) is 0 Å². The largest absolute Gasteiger partial charge is 0.465 e. The van der Waals surface area contributed by atoms with E-state index in [1.165, 1.54) is 12.7 Å². The number of Topliss-reactive ketones (excluding diaryl/α,β-unsaturated/α-hetero) is 1. The number of hydrogen-bond acceptors (Lipinski definition) is 4. The van der Waals surface area contributed by atoms with Crippen molar-refractivity contribution in [1.82, 2.24) is 5.32 Å². The summed E-state index contributed by atoms with van der Waals surface area (Å²) in [4.78, 5) is 24.3. The summed E-state index contributed by atoms with van der Waals surface area (Å²) in [5.41, 5.74) is 3.93. The van der Waals surface area contributed by atoms with Crippen LogP contribution in [-0.4, -0.2) is 25.4 Å². The fourth-order valence-corrected chi connectivity index (χ4v) is 3.39. The average Bonchev–Trinajstić information content (AvgIpc) is 2.66. The molecule has 138 valence electrons. The second kappa shape index (κ2) is 8.97. The molecule has 1 unspecified atom stereocenters. The summed E-state index contributed by atoms with van der Waals surface area (Å²) in [7, 11) is 1.37. The molecule has 0 radical (unpaired) electrons. The fraction of sp³-hybridized carbons (Fsp3) is 0.333. The zero-order chi connectivity index (χ0) is 17.8. The monoisotopic (exact) mass is 373 g/mol. The Bertz CT molecular complexity index is 773. The second-order valence-electron chi connectivity index (χ2n) is 6.52. The highest BCUT2D eigenvalue weighted by Gasteiger charge is 2.26. The third kappa shape index (κ3) is 4.32. The molecule has 1 N–H and O–H groups in total. The van der Waals surface area contributed by atoms with Crippen LogP contribution in [-0.2, 0) is 16.0 Å². The molecule has 2 aromatic rings. The highest BCUT2D eigenvalue weighted by molar-refractivity contribution is 5.89. The third-order valence-electron chi connectivity index (χ3n) is 4.84. The molecule has 26 heavy (non-hydrogen) atoms. The molecule has 0 amide bonds. The van der Waals surface area contributed by atoms with E-state index in [1.54, 1.807) is 12.1 Å². The Balaban J connectivity index is 0.00000243. The zero-order valence-corrected chi connectivity index (χ0v) is 15.8. The first-order valence-electron chi connectivity index (χ1n) is 8.62. The first kappa shape index (κ1) is 20.1. The van der Waals surface area contributed by atoms with Gasteiger partial charge in [0.25, 0.3) is 0 Å². The van der Waals surface area contributed by atoms with Crippen molar-refractivity contribution in [1.29, 1.82) is 0 Å². The summed E-state index contributed by atoms with van der Waals surface area (Å²) in [6.07, 6.45) is 1.42. The van der Waals surface area contributed by atoms with Crippen LogP contribution < -0.4 is 5.32 Å². The van der Waals surface area contributed by atoms with Crippen molar-refractivity contribution >= 4 is 24.2 Å². The number of nitrogens with one attached hydrogen (secondary N) is 1. The van der Waals surface area contributed by atoms with Gasteiger partial charge in [0.05, 0.1) is 18.7 Å². The van der Waals surface area contributed by atoms with Gasteiger partial charge >= 0.3 is 5.97 Å². The Morgan fingerprint density at radius 1 is 1.15 bits per heavy atom. The smallest absolute Gasteiger partial charge is 0.337 e. The van der Waals surface area contributed by atoms with Crippen molar-refractivity contribution in [2.24, 2.45) is 0 Å². The van der Waals surface area contributed by atoms with E-state index in [2.05, 4.69) is 11.4 Å². The van der Waals surface area contributed by atoms with Gasteiger partial charge in [0.2, 0.25) is 0 Å². The van der Waals surface area contributed by atoms with Gasteiger partial charge in [-0.3, -0.25) is 4.79 Å². The molecule has 0 saturated carbocycles. The Hall–Kier alpha value is -2.17. The number of rotatable bonds is 5. The molecule has 0 fully saturated rings. The molecule has 2 atom stereocenters. The zero-order valence-electron chi connectivity index (χ0n) is 15.0. The number of esters is 1. The normalized spacial score (nSPS) is 16.8. The van der Waals surface area contributed by atoms with Crippen molar-refractivity contribution in [2.75, 3.05) is 13.7 Å². The summed E-state index contributed by atoms with van der Waals surface area (Å²) in [6.45, 7) is 2.87. The number of benzene rings is 2. The molecule has 0 aliphatic carbocycles. The number of methoxy groups -OCH3 is 1. The van der Waals surface area contributed by atoms with Crippen LogP contribution in [0.5, 0.6) is 0 Å². The molecule has 0 spiro atoms. The summed E-state index contributed by atoms with van der Waals surface area (Å²) in [5.74, 6) is -0.0509. The fourth-order valence-electron chi connectivity index (χ4n) is 3.39. The number of carbonyl (C=O) groups excluding carboxylic acids is 2. The quantitative estimate of drug-likeness (QED) is 0.809. The summed E-state index contributed by atoms with van der Waals surface area (Å²) in [5, 5.41) is 3.35. The van der Waals surface area contributed by atoms with Crippen LogP contribution in [0.1, 0.15) is 52.4 Å². The Labute approximate surface area is 160 Å². The number of ketones is 1. The lowest BCUT2D eigenvalue weighted by atomic mass is 9.87. The lowest BCUT2D eigenvalue weighted by Crippen LogP contribution is -2.35. The number of carbonyl (C=O) groups is 2. The molecule has 1 aliphatic rings. The van der Waals surface area contributed by atoms with Crippen molar-refractivity contribution < 1.29 is 14.3 Å². The maximum absolute atomic E-state index is 12.8. The minimum atomic E-state index is -0.349. The minimum Gasteiger partial charge on any atom is -0.465 e. The molecular formula is C21H24ClNO3. The Morgan fingerprint density at radius 3 is 2.54 bits per heavy atom. The van der Waals surface area contributed by atoms with E-state index in [-0.39, 0.29) is 36.1 Å². The van der Waals surface area contributed by atoms with Gasteiger partial charge in [-0.15, -0.1) is 12.4 Å². The topological polar surface area (TPSA) is 55.4 Å². The highest BCUT2D eigenvalue weighted by atomic mass is 35.5. The van der Waals surface area contributed by atoms with Crippen LogP contribution in [0.15, 0.2) is 48.5 Å². The second-order valence-corrected chi connectivity index (χ2v) is 6.52. The van der Waals surface area contributed by atoms with E-state index in [0.29, 0.717) is 12.0 Å². The van der Waals surface area contributed by atoms with E-state index >= 15 is 0 Å². The van der Waals surface area contributed by atoms with Crippen molar-refractivity contribution in [2.45, 2.75) is 31.7 Å². The SMILES string of the molecule is COC(=O)c1ccc([C@H](C)CC(=O)C2NCCc3ccccc32)cc1.Cl. The minimum absolute atomic E-state index is 0. The highest BCUT2D eigenvalue weighted by Crippen LogP contribution is 2.28. The van der Waals surface area contributed by atoms with Crippen molar-refractivity contribution in [3.05, 3.63) is 70.8 Å². The van der Waals surface area contributed by atoms with Gasteiger partial charge in [-0.25, -0.2) is 4.79 Å². The molecule has 3 rings (SSSR count). The van der Waals surface area contributed by atoms with E-state index < -0.39 is 0 Å². The van der Waals surface area contributed by atoms with E-state index in [1.807, 2.05) is 37.3 Å². The van der Waals surface area contributed by atoms with Gasteiger partial charge in [0.15, 0.2) is 5.78 Å². The van der Waals surface area contributed by atoms with Crippen LogP contribution >= 0.6 is 12.4 Å². The van der Waals surface area contributed by atoms with Gasteiger partial charge in [-0.05, 0) is 41.2 Å². The molecule has 4 nitrogen and oxygen atoms in total. The predicted octanol–water partition coefficient (Wildman–Crippen LogP) is 3.84. The molecule has 1 aliphatic heterocycles. The molecule has 2 aromatic carbocycles. The predicted molar refractivity (Wildman–Crippen MR) is 104 cm³/mol. The number of ether oxygens (including phenoxy) is 1. The number of hydrogen-bond donors (Lipinski definition) is 1. The third-order valence-corrected chi connectivity index (χ3v) is 4.84. The van der Waals surface area contributed by atoms with Gasteiger partial charge in [0.1, 0.15) is 0 Å². The molecule has 0 saturated heterocycles.